The number of carbonyl (C=O) groups excluding carboxylic acids is 1. The second-order valence-corrected chi connectivity index (χ2v) is 14.9. The molecule has 0 unspecified atom stereocenters. The van der Waals surface area contributed by atoms with Gasteiger partial charge in [0.25, 0.3) is 5.91 Å². The maximum atomic E-state index is 13.8. The van der Waals surface area contributed by atoms with E-state index in [-0.39, 0.29) is 23.1 Å². The minimum Gasteiger partial charge on any atom is -0.488 e. The van der Waals surface area contributed by atoms with Crippen molar-refractivity contribution in [1.29, 1.82) is 5.26 Å². The average molecular weight is 704 g/mol. The van der Waals surface area contributed by atoms with Crippen molar-refractivity contribution >= 4 is 24.2 Å². The fraction of sp³-hybridized carbons (Fsp3) is 0.400. The van der Waals surface area contributed by atoms with Crippen molar-refractivity contribution in [1.82, 2.24) is 15.3 Å². The highest BCUT2D eigenvalue weighted by Crippen LogP contribution is 2.51. The van der Waals surface area contributed by atoms with E-state index in [0.717, 1.165) is 42.6 Å². The Balaban J connectivity index is 1.04. The second kappa shape index (κ2) is 13.9. The molecular formula is C40H43BFN5O5. The molecule has 268 valence electrons. The number of nitrogens with zero attached hydrogens (tertiary/aromatic N) is 4. The summed E-state index contributed by atoms with van der Waals surface area (Å²) < 4.78 is 38.4. The number of pyridine rings is 2. The van der Waals surface area contributed by atoms with E-state index in [0.29, 0.717) is 48.0 Å². The van der Waals surface area contributed by atoms with Crippen molar-refractivity contribution in [3.63, 3.8) is 0 Å². The van der Waals surface area contributed by atoms with Gasteiger partial charge in [-0.2, -0.15) is 5.26 Å². The summed E-state index contributed by atoms with van der Waals surface area (Å²) in [6.07, 6.45) is 3.75. The lowest BCUT2D eigenvalue weighted by Gasteiger charge is -2.59. The van der Waals surface area contributed by atoms with Crippen molar-refractivity contribution < 1.29 is 28.0 Å². The zero-order valence-electron chi connectivity index (χ0n) is 30.2. The topological polar surface area (TPSA) is 119 Å². The zero-order valence-corrected chi connectivity index (χ0v) is 30.2. The Kier molecular flexibility index (Phi) is 9.44. The van der Waals surface area contributed by atoms with Crippen molar-refractivity contribution in [3.8, 4) is 29.0 Å². The molecule has 2 saturated heterocycles. The van der Waals surface area contributed by atoms with Gasteiger partial charge in [-0.05, 0) is 107 Å². The van der Waals surface area contributed by atoms with Crippen LogP contribution in [0, 0.1) is 22.6 Å². The van der Waals surface area contributed by atoms with Gasteiger partial charge in [0.05, 0.1) is 40.3 Å². The van der Waals surface area contributed by atoms with E-state index in [1.165, 1.54) is 12.1 Å². The fourth-order valence-electron chi connectivity index (χ4n) is 7.20. The number of anilines is 1. The molecular weight excluding hydrogens is 660 g/mol. The van der Waals surface area contributed by atoms with E-state index in [1.54, 1.807) is 18.3 Å². The van der Waals surface area contributed by atoms with Crippen LogP contribution in [0.5, 0.6) is 11.6 Å². The first-order valence-electron chi connectivity index (χ1n) is 17.8. The maximum absolute atomic E-state index is 13.8. The van der Waals surface area contributed by atoms with Gasteiger partial charge in [0.2, 0.25) is 5.88 Å². The number of halogens is 1. The molecule has 1 aliphatic carbocycles. The summed E-state index contributed by atoms with van der Waals surface area (Å²) >= 11 is 0. The molecule has 10 nitrogen and oxygen atoms in total. The molecule has 3 fully saturated rings. The van der Waals surface area contributed by atoms with Crippen LogP contribution in [0.15, 0.2) is 72.9 Å². The minimum atomic E-state index is -0.466. The first-order valence-corrected chi connectivity index (χ1v) is 17.8. The molecule has 7 rings (SSSR count). The fourth-order valence-corrected chi connectivity index (χ4v) is 7.20. The first kappa shape index (κ1) is 35.4. The summed E-state index contributed by atoms with van der Waals surface area (Å²) in [7, 11) is -0.466. The van der Waals surface area contributed by atoms with Crippen LogP contribution in [0.2, 0.25) is 0 Å². The highest BCUT2D eigenvalue weighted by Gasteiger charge is 2.54. The predicted octanol–water partition coefficient (Wildman–Crippen LogP) is 5.87. The second-order valence-electron chi connectivity index (χ2n) is 14.9. The Morgan fingerprint density at radius 1 is 1.06 bits per heavy atom. The Labute approximate surface area is 304 Å². The van der Waals surface area contributed by atoms with E-state index >= 15 is 0 Å². The lowest BCUT2D eigenvalue weighted by Crippen LogP contribution is -2.65. The molecule has 4 aromatic rings. The molecule has 1 amide bonds. The maximum Gasteiger partial charge on any atom is 0.494 e. The van der Waals surface area contributed by atoms with Crippen molar-refractivity contribution in [3.05, 3.63) is 95.6 Å². The zero-order chi connectivity index (χ0) is 36.7. The third-order valence-corrected chi connectivity index (χ3v) is 10.7. The van der Waals surface area contributed by atoms with E-state index in [4.69, 9.17) is 23.8 Å². The minimum absolute atomic E-state index is 0.0539. The van der Waals surface area contributed by atoms with Gasteiger partial charge in [0.1, 0.15) is 18.0 Å². The third kappa shape index (κ3) is 6.95. The Bertz CT molecular complexity index is 2000. The molecule has 1 saturated carbocycles. The van der Waals surface area contributed by atoms with Crippen LogP contribution in [-0.4, -0.2) is 66.5 Å². The largest absolute Gasteiger partial charge is 0.494 e. The van der Waals surface area contributed by atoms with Crippen molar-refractivity contribution in [2.75, 3.05) is 31.1 Å². The van der Waals surface area contributed by atoms with E-state index in [1.807, 2.05) is 71.0 Å². The number of hydrogen-bond acceptors (Lipinski definition) is 9. The smallest absolute Gasteiger partial charge is 0.488 e. The highest BCUT2D eigenvalue weighted by atomic mass is 19.1. The standard InChI is InChI=1S/C40H43BFN5O5/c1-6-49-37-31(11-8-17-45-37)32-13-15-34(50-30-21-40(22-30)24-47(25-40)33-14-12-29(42)20-27(33)23-43)35(46-32)36(48)44-18-16-26-9-7-10-28(19-26)41-51-38(2,3)39(4,5)52-41/h7-15,17,19-20,30H,6,16,18,21-22,24-25H2,1-5H3,(H,44,48). The predicted molar refractivity (Wildman–Crippen MR) is 196 cm³/mol. The number of benzene rings is 2. The van der Waals surface area contributed by atoms with Gasteiger partial charge in [-0.3, -0.25) is 4.79 Å². The molecule has 2 aliphatic heterocycles. The quantitative estimate of drug-likeness (QED) is 0.191. The van der Waals surface area contributed by atoms with E-state index < -0.39 is 24.1 Å². The van der Waals surface area contributed by atoms with Crippen LogP contribution in [0.25, 0.3) is 11.3 Å². The molecule has 52 heavy (non-hydrogen) atoms. The number of carbonyl (C=O) groups is 1. The molecule has 2 aromatic heterocycles. The normalized spacial score (nSPS) is 18.3. The number of rotatable bonds is 11. The Morgan fingerprint density at radius 3 is 2.56 bits per heavy atom. The van der Waals surface area contributed by atoms with Crippen LogP contribution in [0.4, 0.5) is 10.1 Å². The molecule has 0 bridgehead atoms. The molecule has 0 atom stereocenters. The van der Waals surface area contributed by atoms with Crippen LogP contribution in [0.3, 0.4) is 0 Å². The number of amides is 1. The van der Waals surface area contributed by atoms with Gasteiger partial charge in [0.15, 0.2) is 11.4 Å². The van der Waals surface area contributed by atoms with Crippen molar-refractivity contribution in [2.45, 2.75) is 71.2 Å². The molecule has 12 heteroatoms. The van der Waals surface area contributed by atoms with Gasteiger partial charge in [-0.25, -0.2) is 14.4 Å². The van der Waals surface area contributed by atoms with Crippen molar-refractivity contribution in [2.24, 2.45) is 5.41 Å². The molecule has 0 radical (unpaired) electrons. The van der Waals surface area contributed by atoms with Crippen LogP contribution in [-0.2, 0) is 15.7 Å². The summed E-state index contributed by atoms with van der Waals surface area (Å²) in [5, 5.41) is 12.6. The molecule has 1 spiro atoms. The number of hydrogen-bond donors (Lipinski definition) is 1. The Morgan fingerprint density at radius 2 is 1.83 bits per heavy atom. The summed E-state index contributed by atoms with van der Waals surface area (Å²) in [5.41, 5.74) is 3.66. The third-order valence-electron chi connectivity index (χ3n) is 10.7. The highest BCUT2D eigenvalue weighted by molar-refractivity contribution is 6.62. The van der Waals surface area contributed by atoms with Gasteiger partial charge >= 0.3 is 7.12 Å². The number of nitrogens with one attached hydrogen (secondary N) is 1. The molecule has 4 heterocycles. The first-order chi connectivity index (χ1) is 24.9. The number of ether oxygens (including phenoxy) is 2. The Hall–Kier alpha value is -4.99. The van der Waals surface area contributed by atoms with Gasteiger partial charge in [-0.15, -0.1) is 0 Å². The molecule has 3 aliphatic rings. The van der Waals surface area contributed by atoms with Crippen LogP contribution in [0.1, 0.15) is 69.1 Å². The molecule has 2 aromatic carbocycles. The lowest BCUT2D eigenvalue weighted by atomic mass is 9.61. The monoisotopic (exact) mass is 703 g/mol. The van der Waals surface area contributed by atoms with Gasteiger partial charge < -0.3 is 29.0 Å². The van der Waals surface area contributed by atoms with E-state index in [9.17, 15) is 14.4 Å². The van der Waals surface area contributed by atoms with Gasteiger partial charge in [-0.1, -0.05) is 24.3 Å². The lowest BCUT2D eigenvalue weighted by molar-refractivity contribution is -0.0344. The van der Waals surface area contributed by atoms with E-state index in [2.05, 4.69) is 27.3 Å². The number of aromatic nitrogens is 2. The van der Waals surface area contributed by atoms with Gasteiger partial charge in [0, 0.05) is 31.2 Å². The number of nitriles is 1. The van der Waals surface area contributed by atoms with Crippen LogP contribution >= 0.6 is 0 Å². The SMILES string of the molecule is CCOc1ncccc1-c1ccc(OC2CC3(C2)CN(c2ccc(F)cc2C#N)C3)c(C(=O)NCCc2cccc(B3OC(C)(C)C(C)(C)O3)c2)n1. The summed E-state index contributed by atoms with van der Waals surface area (Å²) in [4.78, 5) is 25.1. The summed E-state index contributed by atoms with van der Waals surface area (Å²) in [6.45, 7) is 12.4. The summed E-state index contributed by atoms with van der Waals surface area (Å²) in [5.74, 6) is 0.0877. The average Bonchev–Trinajstić information content (AvgIpc) is 3.32. The summed E-state index contributed by atoms with van der Waals surface area (Å²) in [6, 6.07) is 21.8. The molecule has 1 N–H and O–H groups in total. The van der Waals surface area contributed by atoms with Crippen LogP contribution < -0.4 is 25.2 Å².